The summed E-state index contributed by atoms with van der Waals surface area (Å²) in [7, 11) is 1.67. The van der Waals surface area contributed by atoms with E-state index in [2.05, 4.69) is 27.8 Å². The molecule has 172 valence electrons. The van der Waals surface area contributed by atoms with E-state index in [9.17, 15) is 4.79 Å². The Bertz CT molecular complexity index is 1110. The van der Waals surface area contributed by atoms with Gasteiger partial charge in [-0.2, -0.15) is 0 Å². The molecule has 0 bridgehead atoms. The molecule has 1 amide bonds. The zero-order chi connectivity index (χ0) is 22.7. The second-order valence-corrected chi connectivity index (χ2v) is 8.72. The van der Waals surface area contributed by atoms with Gasteiger partial charge in [-0.05, 0) is 42.7 Å². The quantitative estimate of drug-likeness (QED) is 0.596. The van der Waals surface area contributed by atoms with Crippen LogP contribution in [0.2, 0.25) is 0 Å². The molecule has 1 saturated carbocycles. The first kappa shape index (κ1) is 21.3. The lowest BCUT2D eigenvalue weighted by Gasteiger charge is -2.30. The van der Waals surface area contributed by atoms with Gasteiger partial charge in [0.1, 0.15) is 12.4 Å². The predicted molar refractivity (Wildman–Crippen MR) is 122 cm³/mol. The van der Waals surface area contributed by atoms with Gasteiger partial charge < -0.3 is 19.5 Å². The zero-order valence-corrected chi connectivity index (χ0v) is 18.7. The Kier molecular flexibility index (Phi) is 5.90. The van der Waals surface area contributed by atoms with Gasteiger partial charge in [-0.15, -0.1) is 5.10 Å². The number of amides is 1. The van der Waals surface area contributed by atoms with Gasteiger partial charge >= 0.3 is 0 Å². The molecule has 1 aliphatic heterocycles. The van der Waals surface area contributed by atoms with Crippen molar-refractivity contribution < 1.29 is 19.0 Å². The number of hydrogen-bond donors (Lipinski definition) is 1. The topological polar surface area (TPSA) is 87.5 Å². The summed E-state index contributed by atoms with van der Waals surface area (Å²) in [6.45, 7) is 1.44. The van der Waals surface area contributed by atoms with Crippen LogP contribution < -0.4 is 19.5 Å². The first-order valence-electron chi connectivity index (χ1n) is 11.4. The summed E-state index contributed by atoms with van der Waals surface area (Å²) >= 11 is 0. The molecule has 2 aromatic carbocycles. The summed E-state index contributed by atoms with van der Waals surface area (Å²) in [6.07, 6.45) is 5.87. The number of rotatable bonds is 7. The van der Waals surface area contributed by atoms with Crippen LogP contribution in [0.25, 0.3) is 0 Å². The van der Waals surface area contributed by atoms with E-state index in [1.807, 2.05) is 36.4 Å². The number of aromatic nitrogens is 3. The molecule has 2 aliphatic rings. The van der Waals surface area contributed by atoms with Gasteiger partial charge in [0, 0.05) is 12.0 Å². The van der Waals surface area contributed by atoms with Crippen molar-refractivity contribution in [3.8, 4) is 17.2 Å². The molecule has 0 spiro atoms. The Labute approximate surface area is 192 Å². The fourth-order valence-electron chi connectivity index (χ4n) is 4.76. The number of carbonyl (C=O) groups excluding carboxylic acids is 1. The van der Waals surface area contributed by atoms with Crippen LogP contribution in [0.15, 0.2) is 54.7 Å². The van der Waals surface area contributed by atoms with E-state index in [0.29, 0.717) is 31.1 Å². The number of nitrogens with one attached hydrogen (secondary N) is 1. The van der Waals surface area contributed by atoms with Crippen molar-refractivity contribution in [3.63, 3.8) is 0 Å². The molecule has 5 rings (SSSR count). The lowest BCUT2D eigenvalue weighted by molar-refractivity contribution is 0.0754. The van der Waals surface area contributed by atoms with Gasteiger partial charge in [0.15, 0.2) is 23.3 Å². The second kappa shape index (κ2) is 9.13. The van der Waals surface area contributed by atoms with Crippen molar-refractivity contribution in [1.82, 2.24) is 20.3 Å². The van der Waals surface area contributed by atoms with Crippen LogP contribution in [-0.2, 0) is 12.0 Å². The number of benzene rings is 2. The van der Waals surface area contributed by atoms with Crippen molar-refractivity contribution in [2.24, 2.45) is 0 Å². The zero-order valence-electron chi connectivity index (χ0n) is 18.7. The Morgan fingerprint density at radius 1 is 1.15 bits per heavy atom. The maximum absolute atomic E-state index is 12.8. The van der Waals surface area contributed by atoms with Crippen molar-refractivity contribution in [2.45, 2.75) is 43.7 Å². The van der Waals surface area contributed by atoms with Crippen LogP contribution in [0.4, 0.5) is 0 Å². The highest BCUT2D eigenvalue weighted by molar-refractivity contribution is 5.91. The average molecular weight is 449 g/mol. The van der Waals surface area contributed by atoms with E-state index in [-0.39, 0.29) is 17.4 Å². The molecule has 1 aromatic heterocycles. The largest absolute Gasteiger partial charge is 0.497 e. The molecule has 3 aromatic rings. The molecule has 1 N–H and O–H groups in total. The molecule has 1 fully saturated rings. The molecule has 2 heterocycles. The van der Waals surface area contributed by atoms with Gasteiger partial charge in [0.25, 0.3) is 5.91 Å². The van der Waals surface area contributed by atoms with Crippen molar-refractivity contribution in [2.75, 3.05) is 20.3 Å². The van der Waals surface area contributed by atoms with Crippen molar-refractivity contribution >= 4 is 5.91 Å². The minimum absolute atomic E-state index is 0.0570. The number of hydrogen-bond acceptors (Lipinski definition) is 6. The third-order valence-corrected chi connectivity index (χ3v) is 6.58. The molecule has 0 saturated heterocycles. The first-order chi connectivity index (χ1) is 16.1. The van der Waals surface area contributed by atoms with Crippen LogP contribution in [0.3, 0.4) is 0 Å². The molecular formula is C25H28N4O4. The number of ether oxygens (including phenoxy) is 3. The minimum Gasteiger partial charge on any atom is -0.497 e. The maximum atomic E-state index is 12.8. The third-order valence-electron chi connectivity index (χ3n) is 6.58. The number of fused-ring (bicyclic) bond motifs is 1. The number of carbonyl (C=O) groups is 1. The number of nitrogens with zero attached hydrogens (tertiary/aromatic N) is 3. The highest BCUT2D eigenvalue weighted by Gasteiger charge is 2.36. The van der Waals surface area contributed by atoms with Crippen LogP contribution in [-0.4, -0.2) is 47.3 Å². The Balaban J connectivity index is 1.21. The smallest absolute Gasteiger partial charge is 0.273 e. The average Bonchev–Trinajstić information content (AvgIpc) is 3.53. The number of methoxy groups -OCH3 is 1. The fraction of sp³-hybridized carbons (Fsp3) is 0.400. The van der Waals surface area contributed by atoms with Crippen LogP contribution >= 0.6 is 0 Å². The third kappa shape index (κ3) is 4.51. The maximum Gasteiger partial charge on any atom is 0.273 e. The van der Waals surface area contributed by atoms with Crippen LogP contribution in [0.5, 0.6) is 17.2 Å². The molecule has 33 heavy (non-hydrogen) atoms. The lowest BCUT2D eigenvalue weighted by atomic mass is 9.78. The fourth-order valence-corrected chi connectivity index (χ4v) is 4.76. The minimum atomic E-state index is -0.216. The Morgan fingerprint density at radius 2 is 1.91 bits per heavy atom. The second-order valence-electron chi connectivity index (χ2n) is 8.72. The molecule has 8 heteroatoms. The number of para-hydroxylation sites is 2. The summed E-state index contributed by atoms with van der Waals surface area (Å²) in [5.74, 6) is 2.08. The van der Waals surface area contributed by atoms with Crippen molar-refractivity contribution in [3.05, 3.63) is 66.0 Å². The predicted octanol–water partition coefficient (Wildman–Crippen LogP) is 3.37. The van der Waals surface area contributed by atoms with E-state index < -0.39 is 0 Å². The van der Waals surface area contributed by atoms with Crippen LogP contribution in [0, 0.1) is 0 Å². The SMILES string of the molecule is COc1ccc(C2(CNC(=O)c3cn(CC4COc5ccccc5O4)nn3)CCCC2)cc1. The van der Waals surface area contributed by atoms with Gasteiger partial charge in [-0.3, -0.25) is 4.79 Å². The lowest BCUT2D eigenvalue weighted by Crippen LogP contribution is -2.39. The summed E-state index contributed by atoms with van der Waals surface area (Å²) in [6, 6.07) is 15.8. The highest BCUT2D eigenvalue weighted by atomic mass is 16.6. The standard InChI is InChI=1S/C25H28N4O4/c1-31-19-10-8-18(9-11-19)25(12-4-5-13-25)17-26-24(30)21-15-29(28-27-21)14-20-16-32-22-6-2-3-7-23(22)33-20/h2-3,6-11,15,20H,4-5,12-14,16-17H2,1H3,(H,26,30). The monoisotopic (exact) mass is 448 g/mol. The summed E-state index contributed by atoms with van der Waals surface area (Å²) in [5.41, 5.74) is 1.48. The Hall–Kier alpha value is -3.55. The van der Waals surface area contributed by atoms with E-state index in [1.54, 1.807) is 18.0 Å². The van der Waals surface area contributed by atoms with E-state index in [1.165, 1.54) is 5.56 Å². The molecule has 8 nitrogen and oxygen atoms in total. The van der Waals surface area contributed by atoms with E-state index in [0.717, 1.165) is 37.2 Å². The van der Waals surface area contributed by atoms with Crippen molar-refractivity contribution in [1.29, 1.82) is 0 Å². The first-order valence-corrected chi connectivity index (χ1v) is 11.4. The van der Waals surface area contributed by atoms with E-state index >= 15 is 0 Å². The highest BCUT2D eigenvalue weighted by Crippen LogP contribution is 2.41. The summed E-state index contributed by atoms with van der Waals surface area (Å²) < 4.78 is 18.6. The van der Waals surface area contributed by atoms with Gasteiger partial charge in [-0.25, -0.2) is 4.68 Å². The van der Waals surface area contributed by atoms with E-state index in [4.69, 9.17) is 14.2 Å². The van der Waals surface area contributed by atoms with Crippen LogP contribution in [0.1, 0.15) is 41.7 Å². The molecule has 1 unspecified atom stereocenters. The normalized spacial score (nSPS) is 18.6. The van der Waals surface area contributed by atoms with Gasteiger partial charge in [-0.1, -0.05) is 42.3 Å². The Morgan fingerprint density at radius 3 is 2.67 bits per heavy atom. The van der Waals surface area contributed by atoms with Gasteiger partial charge in [0.05, 0.1) is 19.9 Å². The summed E-state index contributed by atoms with van der Waals surface area (Å²) in [4.78, 5) is 12.8. The molecule has 1 aliphatic carbocycles. The molecule has 0 radical (unpaired) electrons. The molecule has 1 atom stereocenters. The summed E-state index contributed by atoms with van der Waals surface area (Å²) in [5, 5.41) is 11.3. The van der Waals surface area contributed by atoms with Gasteiger partial charge in [0.2, 0.25) is 0 Å². The molecular weight excluding hydrogens is 420 g/mol.